The number of carbonyl (C=O) groups excluding carboxylic acids is 1. The number of thiocarbonyl (C=S) groups is 1. The summed E-state index contributed by atoms with van der Waals surface area (Å²) < 4.78 is 17.3. The van der Waals surface area contributed by atoms with Crippen LogP contribution in [0.4, 0.5) is 11.6 Å². The molecule has 42 heavy (non-hydrogen) atoms. The molecule has 3 aromatic carbocycles. The van der Waals surface area contributed by atoms with E-state index in [0.29, 0.717) is 38.5 Å². The fourth-order valence-electron chi connectivity index (χ4n) is 4.91. The van der Waals surface area contributed by atoms with E-state index in [2.05, 4.69) is 39.5 Å². The molecule has 0 spiro atoms. The monoisotopic (exact) mass is 601 g/mol. The number of nitrogens with zero attached hydrogens (tertiary/aromatic N) is 4. The Bertz CT molecular complexity index is 1610. The highest BCUT2D eigenvalue weighted by atomic mass is 32.2. The number of benzene rings is 3. The van der Waals surface area contributed by atoms with Gasteiger partial charge in [-0.05, 0) is 44.0 Å². The summed E-state index contributed by atoms with van der Waals surface area (Å²) in [4.78, 5) is 19.8. The Morgan fingerprint density at radius 2 is 1.67 bits per heavy atom. The highest BCUT2D eigenvalue weighted by molar-refractivity contribution is 8.23. The molecule has 11 heteroatoms. The van der Waals surface area contributed by atoms with Crippen molar-refractivity contribution in [2.75, 3.05) is 37.3 Å². The molecular formula is C31H31N5O4S2. The molecule has 1 unspecified atom stereocenters. The molecule has 0 saturated heterocycles. The zero-order valence-corrected chi connectivity index (χ0v) is 25.6. The Morgan fingerprint density at radius 1 is 0.976 bits per heavy atom. The maximum absolute atomic E-state index is 13.0. The number of hydrogen-bond donors (Lipinski definition) is 1. The lowest BCUT2D eigenvalue weighted by Crippen LogP contribution is -2.33. The number of aryl methyl sites for hydroxylation is 1. The van der Waals surface area contributed by atoms with Gasteiger partial charge in [0, 0.05) is 22.9 Å². The normalized spacial score (nSPS) is 13.8. The van der Waals surface area contributed by atoms with E-state index in [1.165, 1.54) is 17.3 Å². The van der Waals surface area contributed by atoms with Crippen LogP contribution in [0.3, 0.4) is 0 Å². The third-order valence-electron chi connectivity index (χ3n) is 6.93. The molecule has 1 aliphatic rings. The first kappa shape index (κ1) is 29.3. The van der Waals surface area contributed by atoms with Gasteiger partial charge in [0.05, 0.1) is 27.1 Å². The van der Waals surface area contributed by atoms with Crippen LogP contribution in [0.5, 0.6) is 17.2 Å². The maximum atomic E-state index is 13.0. The predicted molar refractivity (Wildman–Crippen MR) is 171 cm³/mol. The molecule has 0 bridgehead atoms. The van der Waals surface area contributed by atoms with Gasteiger partial charge in [-0.25, -0.2) is 4.98 Å². The second kappa shape index (κ2) is 12.7. The molecule has 1 atom stereocenters. The minimum Gasteiger partial charge on any atom is -0.493 e. The molecule has 0 aliphatic carbocycles. The Morgan fingerprint density at radius 3 is 2.33 bits per heavy atom. The van der Waals surface area contributed by atoms with Crippen LogP contribution >= 0.6 is 24.0 Å². The largest absolute Gasteiger partial charge is 0.493 e. The van der Waals surface area contributed by atoms with Crippen molar-refractivity contribution >= 4 is 45.8 Å². The molecule has 0 saturated carbocycles. The summed E-state index contributed by atoms with van der Waals surface area (Å²) in [5.41, 5.74) is 5.97. The van der Waals surface area contributed by atoms with Crippen LogP contribution in [-0.4, -0.2) is 58.5 Å². The van der Waals surface area contributed by atoms with Gasteiger partial charge in [-0.2, -0.15) is 0 Å². The van der Waals surface area contributed by atoms with Crippen molar-refractivity contribution in [3.8, 4) is 39.8 Å². The standard InChI is InChI=1S/C31H31N5O4S2/c1-18-10-12-20(13-11-18)28-27(22-15-24(38-3)29(40-5)25(16-22)39-4)33-30(35-34-28)32-26(37)17-42-31(41)36-19(2)14-21-8-6-7-9-23(21)36/h6-13,15-16,19H,14,17H2,1-5H3,(H,32,33,35,37). The molecule has 9 nitrogen and oxygen atoms in total. The van der Waals surface area contributed by atoms with Crippen LogP contribution in [0.1, 0.15) is 18.1 Å². The van der Waals surface area contributed by atoms with E-state index in [4.69, 9.17) is 31.4 Å². The number of rotatable bonds is 8. The first-order valence-corrected chi connectivity index (χ1v) is 14.7. The van der Waals surface area contributed by atoms with Gasteiger partial charge < -0.3 is 19.1 Å². The van der Waals surface area contributed by atoms with Crippen LogP contribution in [0.25, 0.3) is 22.5 Å². The zero-order valence-electron chi connectivity index (χ0n) is 24.0. The van der Waals surface area contributed by atoms with E-state index in [1.54, 1.807) is 33.5 Å². The molecule has 0 fully saturated rings. The smallest absolute Gasteiger partial charge is 0.250 e. The summed E-state index contributed by atoms with van der Waals surface area (Å²) in [5, 5.41) is 11.5. The summed E-state index contributed by atoms with van der Waals surface area (Å²) >= 11 is 7.02. The van der Waals surface area contributed by atoms with Gasteiger partial charge in [-0.3, -0.25) is 10.1 Å². The SMILES string of the molecule is COc1cc(-c2nc(NC(=O)CSC(=S)N3c4ccccc4CC3C)nnc2-c2ccc(C)cc2)cc(OC)c1OC. The quantitative estimate of drug-likeness (QED) is 0.244. The molecule has 216 valence electrons. The fourth-order valence-corrected chi connectivity index (χ4v) is 6.10. The van der Waals surface area contributed by atoms with Crippen molar-refractivity contribution in [1.82, 2.24) is 15.2 Å². The molecule has 5 rings (SSSR count). The minimum atomic E-state index is -0.289. The Labute approximate surface area is 254 Å². The minimum absolute atomic E-state index is 0.0750. The number of anilines is 2. The first-order chi connectivity index (χ1) is 20.3. The van der Waals surface area contributed by atoms with E-state index in [9.17, 15) is 4.79 Å². The maximum Gasteiger partial charge on any atom is 0.250 e. The summed E-state index contributed by atoms with van der Waals surface area (Å²) in [7, 11) is 4.65. The summed E-state index contributed by atoms with van der Waals surface area (Å²) in [5.74, 6) is 1.28. The van der Waals surface area contributed by atoms with Gasteiger partial charge in [-0.1, -0.05) is 72.0 Å². The van der Waals surface area contributed by atoms with Gasteiger partial charge in [0.2, 0.25) is 17.6 Å². The molecule has 1 N–H and O–H groups in total. The van der Waals surface area contributed by atoms with E-state index in [1.807, 2.05) is 43.3 Å². The van der Waals surface area contributed by atoms with Crippen LogP contribution in [0.2, 0.25) is 0 Å². The number of para-hydroxylation sites is 1. The molecule has 0 radical (unpaired) electrons. The van der Waals surface area contributed by atoms with Crippen LogP contribution in [0.15, 0.2) is 60.7 Å². The number of methoxy groups -OCH3 is 3. The predicted octanol–water partition coefficient (Wildman–Crippen LogP) is 5.95. The molecule has 2 heterocycles. The number of amides is 1. The zero-order chi connectivity index (χ0) is 29.8. The van der Waals surface area contributed by atoms with Crippen LogP contribution in [-0.2, 0) is 11.2 Å². The lowest BCUT2D eigenvalue weighted by Gasteiger charge is -2.24. The van der Waals surface area contributed by atoms with Crippen molar-refractivity contribution in [3.05, 3.63) is 71.8 Å². The Hall–Kier alpha value is -4.22. The van der Waals surface area contributed by atoms with Gasteiger partial charge in [0.15, 0.2) is 11.5 Å². The number of fused-ring (bicyclic) bond motifs is 1. The number of nitrogens with one attached hydrogen (secondary N) is 1. The molecule has 4 aromatic rings. The number of aromatic nitrogens is 3. The van der Waals surface area contributed by atoms with Gasteiger partial charge in [-0.15, -0.1) is 10.2 Å². The van der Waals surface area contributed by atoms with Gasteiger partial charge in [0.25, 0.3) is 0 Å². The molecule has 1 amide bonds. The van der Waals surface area contributed by atoms with Gasteiger partial charge in [0.1, 0.15) is 15.7 Å². The first-order valence-electron chi connectivity index (χ1n) is 13.3. The van der Waals surface area contributed by atoms with Crippen molar-refractivity contribution < 1.29 is 19.0 Å². The van der Waals surface area contributed by atoms with E-state index >= 15 is 0 Å². The van der Waals surface area contributed by atoms with E-state index in [-0.39, 0.29) is 23.7 Å². The Balaban J connectivity index is 1.41. The average molecular weight is 602 g/mol. The van der Waals surface area contributed by atoms with Crippen LogP contribution < -0.4 is 24.4 Å². The van der Waals surface area contributed by atoms with Crippen molar-refractivity contribution in [1.29, 1.82) is 0 Å². The van der Waals surface area contributed by atoms with E-state index in [0.717, 1.165) is 23.2 Å². The lowest BCUT2D eigenvalue weighted by atomic mass is 10.0. The molecular weight excluding hydrogens is 571 g/mol. The average Bonchev–Trinajstić information content (AvgIpc) is 3.35. The summed E-state index contributed by atoms with van der Waals surface area (Å²) in [6.07, 6.45) is 0.916. The third kappa shape index (κ3) is 6.02. The number of thioether (sulfide) groups is 1. The fraction of sp³-hybridized carbons (Fsp3) is 0.258. The van der Waals surface area contributed by atoms with Crippen molar-refractivity contribution in [3.63, 3.8) is 0 Å². The lowest BCUT2D eigenvalue weighted by molar-refractivity contribution is -0.113. The highest BCUT2D eigenvalue weighted by Crippen LogP contribution is 2.42. The second-order valence-electron chi connectivity index (χ2n) is 9.77. The van der Waals surface area contributed by atoms with Gasteiger partial charge >= 0.3 is 0 Å². The molecule has 1 aromatic heterocycles. The van der Waals surface area contributed by atoms with Crippen LogP contribution in [0, 0.1) is 6.92 Å². The topological polar surface area (TPSA) is 98.7 Å². The highest BCUT2D eigenvalue weighted by Gasteiger charge is 2.29. The summed E-state index contributed by atoms with van der Waals surface area (Å²) in [6, 6.07) is 19.9. The van der Waals surface area contributed by atoms with E-state index < -0.39 is 0 Å². The number of hydrogen-bond acceptors (Lipinski definition) is 9. The van der Waals surface area contributed by atoms with Crippen molar-refractivity contribution in [2.24, 2.45) is 0 Å². The molecule has 1 aliphatic heterocycles. The summed E-state index contributed by atoms with van der Waals surface area (Å²) in [6.45, 7) is 4.14. The third-order valence-corrected chi connectivity index (χ3v) is 8.33. The second-order valence-corrected chi connectivity index (χ2v) is 11.4. The number of ether oxygens (including phenoxy) is 3. The Kier molecular flexibility index (Phi) is 8.89. The van der Waals surface area contributed by atoms with Crippen molar-refractivity contribution in [2.45, 2.75) is 26.3 Å². The number of carbonyl (C=O) groups is 1.